The van der Waals surface area contributed by atoms with Crippen LogP contribution in [0.3, 0.4) is 0 Å². The highest BCUT2D eigenvalue weighted by Crippen LogP contribution is 2.24. The molecule has 2 heterocycles. The van der Waals surface area contributed by atoms with E-state index in [4.69, 9.17) is 4.74 Å². The lowest BCUT2D eigenvalue weighted by Crippen LogP contribution is -2.49. The van der Waals surface area contributed by atoms with E-state index in [-0.39, 0.29) is 11.3 Å². The molecule has 0 spiro atoms. The van der Waals surface area contributed by atoms with Crippen molar-refractivity contribution in [2.24, 2.45) is 0 Å². The molecule has 172 valence electrons. The Morgan fingerprint density at radius 3 is 2.31 bits per heavy atom. The number of hydrogen-bond acceptors (Lipinski definition) is 4. The van der Waals surface area contributed by atoms with E-state index < -0.39 is 17.5 Å². The van der Waals surface area contributed by atoms with E-state index in [1.54, 1.807) is 4.90 Å². The number of halogens is 2. The molecule has 0 aromatic heterocycles. The Morgan fingerprint density at radius 1 is 0.875 bits per heavy atom. The smallest absolute Gasteiger partial charge is 0.257 e. The first-order chi connectivity index (χ1) is 15.6. The molecule has 0 unspecified atom stereocenters. The van der Waals surface area contributed by atoms with Crippen molar-refractivity contribution < 1.29 is 18.3 Å². The summed E-state index contributed by atoms with van der Waals surface area (Å²) in [6, 6.07) is 11.9. The molecule has 0 atom stereocenters. The number of likely N-dealkylation sites (tertiary alicyclic amines) is 1. The number of amides is 1. The maximum atomic E-state index is 14.7. The minimum Gasteiger partial charge on any atom is -0.490 e. The SMILES string of the molecule is O=C(c1cc(F)c(OCCCN2CCCCC2)cc1F)N1CCN(c2ccccc2)CC1. The fourth-order valence-electron chi connectivity index (χ4n) is 4.43. The van der Waals surface area contributed by atoms with Gasteiger partial charge in [0, 0.05) is 44.5 Å². The Labute approximate surface area is 188 Å². The monoisotopic (exact) mass is 443 g/mol. The zero-order valence-corrected chi connectivity index (χ0v) is 18.4. The summed E-state index contributed by atoms with van der Waals surface area (Å²) in [7, 11) is 0. The molecule has 2 aromatic rings. The molecule has 0 N–H and O–H groups in total. The van der Waals surface area contributed by atoms with Crippen LogP contribution >= 0.6 is 0 Å². The lowest BCUT2D eigenvalue weighted by Gasteiger charge is -2.36. The molecule has 2 fully saturated rings. The number of benzene rings is 2. The van der Waals surface area contributed by atoms with Gasteiger partial charge in [-0.2, -0.15) is 0 Å². The van der Waals surface area contributed by atoms with Crippen molar-refractivity contribution in [1.82, 2.24) is 9.80 Å². The second kappa shape index (κ2) is 10.8. The van der Waals surface area contributed by atoms with Gasteiger partial charge in [0.05, 0.1) is 12.2 Å². The third-order valence-electron chi connectivity index (χ3n) is 6.27. The molecular weight excluding hydrogens is 412 g/mol. The second-order valence-corrected chi connectivity index (χ2v) is 8.48. The minimum atomic E-state index is -0.743. The predicted octanol–water partition coefficient (Wildman–Crippen LogP) is 4.18. The van der Waals surface area contributed by atoms with E-state index in [1.807, 2.05) is 30.3 Å². The van der Waals surface area contributed by atoms with Crippen molar-refractivity contribution in [2.45, 2.75) is 25.7 Å². The Morgan fingerprint density at radius 2 is 1.59 bits per heavy atom. The number of ether oxygens (including phenoxy) is 1. The van der Waals surface area contributed by atoms with Crippen molar-refractivity contribution >= 4 is 11.6 Å². The van der Waals surface area contributed by atoms with Gasteiger partial charge in [-0.1, -0.05) is 24.6 Å². The van der Waals surface area contributed by atoms with Crippen molar-refractivity contribution in [2.75, 3.05) is 57.3 Å². The van der Waals surface area contributed by atoms with Gasteiger partial charge < -0.3 is 19.4 Å². The third-order valence-corrected chi connectivity index (χ3v) is 6.27. The maximum Gasteiger partial charge on any atom is 0.257 e. The van der Waals surface area contributed by atoms with E-state index in [0.29, 0.717) is 32.8 Å². The van der Waals surface area contributed by atoms with Crippen molar-refractivity contribution in [3.63, 3.8) is 0 Å². The lowest BCUT2D eigenvalue weighted by atomic mass is 10.1. The van der Waals surface area contributed by atoms with E-state index in [0.717, 1.165) is 43.9 Å². The number of piperidine rings is 1. The molecular formula is C25H31F2N3O2. The summed E-state index contributed by atoms with van der Waals surface area (Å²) in [4.78, 5) is 19.0. The quantitative estimate of drug-likeness (QED) is 0.602. The summed E-state index contributed by atoms with van der Waals surface area (Å²) in [5.74, 6) is -2.05. The van der Waals surface area contributed by atoms with Gasteiger partial charge in [-0.05, 0) is 50.6 Å². The topological polar surface area (TPSA) is 36.0 Å². The number of hydrogen-bond donors (Lipinski definition) is 0. The van der Waals surface area contributed by atoms with Gasteiger partial charge in [-0.25, -0.2) is 8.78 Å². The number of anilines is 1. The first-order valence-electron chi connectivity index (χ1n) is 11.6. The zero-order valence-electron chi connectivity index (χ0n) is 18.4. The molecule has 32 heavy (non-hydrogen) atoms. The Hall–Kier alpha value is -2.67. The summed E-state index contributed by atoms with van der Waals surface area (Å²) < 4.78 is 34.7. The van der Waals surface area contributed by atoms with Gasteiger partial charge in [0.1, 0.15) is 5.82 Å². The minimum absolute atomic E-state index is 0.133. The number of piperazine rings is 1. The Balaban J connectivity index is 1.30. The molecule has 2 saturated heterocycles. The van der Waals surface area contributed by atoms with E-state index in [2.05, 4.69) is 9.80 Å². The van der Waals surface area contributed by atoms with Gasteiger partial charge in [0.25, 0.3) is 5.91 Å². The molecule has 7 heteroatoms. The average Bonchev–Trinajstić information content (AvgIpc) is 2.84. The largest absolute Gasteiger partial charge is 0.490 e. The van der Waals surface area contributed by atoms with Crippen molar-refractivity contribution in [1.29, 1.82) is 0 Å². The zero-order chi connectivity index (χ0) is 22.3. The molecule has 0 saturated carbocycles. The van der Waals surface area contributed by atoms with E-state index in [1.165, 1.54) is 19.3 Å². The number of carbonyl (C=O) groups is 1. The fourth-order valence-corrected chi connectivity index (χ4v) is 4.43. The highest BCUT2D eigenvalue weighted by atomic mass is 19.1. The van der Waals surface area contributed by atoms with Crippen LogP contribution in [0, 0.1) is 11.6 Å². The molecule has 2 aliphatic heterocycles. The van der Waals surface area contributed by atoms with Gasteiger partial charge in [-0.15, -0.1) is 0 Å². The van der Waals surface area contributed by atoms with Crippen LogP contribution in [-0.4, -0.2) is 68.1 Å². The molecule has 2 aromatic carbocycles. The van der Waals surface area contributed by atoms with Crippen LogP contribution in [0.15, 0.2) is 42.5 Å². The second-order valence-electron chi connectivity index (χ2n) is 8.48. The molecule has 0 bridgehead atoms. The first-order valence-corrected chi connectivity index (χ1v) is 11.6. The summed E-state index contributed by atoms with van der Waals surface area (Å²) in [6.07, 6.45) is 4.48. The normalized spacial score (nSPS) is 17.4. The first kappa shape index (κ1) is 22.5. The number of rotatable bonds is 7. The summed E-state index contributed by atoms with van der Waals surface area (Å²) in [6.45, 7) is 5.64. The third kappa shape index (κ3) is 5.57. The molecule has 4 rings (SSSR count). The molecule has 0 radical (unpaired) electrons. The van der Waals surface area contributed by atoms with Crippen LogP contribution in [0.4, 0.5) is 14.5 Å². The van der Waals surface area contributed by atoms with Crippen molar-refractivity contribution in [3.05, 3.63) is 59.7 Å². The standard InChI is InChI=1S/C25H31F2N3O2/c26-22-19-24(32-17-7-12-28-10-5-2-6-11-28)23(27)18-21(22)25(31)30-15-13-29(14-16-30)20-8-3-1-4-9-20/h1,3-4,8-9,18-19H,2,5-7,10-17H2. The summed E-state index contributed by atoms with van der Waals surface area (Å²) in [5, 5.41) is 0. The van der Waals surface area contributed by atoms with Crippen LogP contribution in [0.5, 0.6) is 5.75 Å². The van der Waals surface area contributed by atoms with Crippen molar-refractivity contribution in [3.8, 4) is 5.75 Å². The Kier molecular flexibility index (Phi) is 7.58. The highest BCUT2D eigenvalue weighted by Gasteiger charge is 2.26. The molecule has 0 aliphatic carbocycles. The average molecular weight is 444 g/mol. The van der Waals surface area contributed by atoms with Gasteiger partial charge in [-0.3, -0.25) is 4.79 Å². The number of para-hydroxylation sites is 1. The number of carbonyl (C=O) groups excluding carboxylic acids is 1. The van der Waals surface area contributed by atoms with Crippen LogP contribution in [0.25, 0.3) is 0 Å². The molecule has 5 nitrogen and oxygen atoms in total. The highest BCUT2D eigenvalue weighted by molar-refractivity contribution is 5.94. The lowest BCUT2D eigenvalue weighted by molar-refractivity contribution is 0.0741. The van der Waals surface area contributed by atoms with Gasteiger partial charge in [0.2, 0.25) is 0 Å². The molecule has 2 aliphatic rings. The van der Waals surface area contributed by atoms with Crippen LogP contribution in [0.2, 0.25) is 0 Å². The van der Waals surface area contributed by atoms with Crippen LogP contribution in [0.1, 0.15) is 36.0 Å². The fraction of sp³-hybridized carbons (Fsp3) is 0.480. The van der Waals surface area contributed by atoms with Crippen LogP contribution < -0.4 is 9.64 Å². The summed E-state index contributed by atoms with van der Waals surface area (Å²) >= 11 is 0. The Bertz CT molecular complexity index is 896. The maximum absolute atomic E-state index is 14.7. The van der Waals surface area contributed by atoms with E-state index in [9.17, 15) is 13.6 Å². The summed E-state index contributed by atoms with van der Waals surface area (Å²) in [5.41, 5.74) is 0.856. The number of nitrogens with zero attached hydrogens (tertiary/aromatic N) is 3. The predicted molar refractivity (Wildman–Crippen MR) is 121 cm³/mol. The van der Waals surface area contributed by atoms with E-state index >= 15 is 0 Å². The molecule has 1 amide bonds. The van der Waals surface area contributed by atoms with Gasteiger partial charge in [0.15, 0.2) is 11.6 Å². The van der Waals surface area contributed by atoms with Crippen LogP contribution in [-0.2, 0) is 0 Å². The van der Waals surface area contributed by atoms with Gasteiger partial charge >= 0.3 is 0 Å².